The molecule has 2 saturated heterocycles. The number of benzene rings is 1. The van der Waals surface area contributed by atoms with Crippen molar-refractivity contribution in [3.8, 4) is 0 Å². The zero-order valence-electron chi connectivity index (χ0n) is 17.6. The van der Waals surface area contributed by atoms with E-state index in [-0.39, 0.29) is 42.3 Å². The molecule has 5 heteroatoms. The molecular weight excluding hydrogens is 380 g/mol. The molecule has 4 atom stereocenters. The van der Waals surface area contributed by atoms with Gasteiger partial charge in [0.1, 0.15) is 18.8 Å². The maximum Gasteiger partial charge on any atom is 0.334 e. The van der Waals surface area contributed by atoms with Gasteiger partial charge in [-0.05, 0) is 62.3 Å². The third-order valence-corrected chi connectivity index (χ3v) is 6.43. The van der Waals surface area contributed by atoms with Gasteiger partial charge < -0.3 is 14.2 Å². The van der Waals surface area contributed by atoms with E-state index in [9.17, 15) is 9.59 Å². The lowest BCUT2D eigenvalue weighted by Gasteiger charge is -2.20. The normalized spacial score (nSPS) is 32.6. The van der Waals surface area contributed by atoms with Crippen LogP contribution in [0, 0.1) is 12.8 Å². The molecule has 4 rings (SSSR count). The lowest BCUT2D eigenvalue weighted by molar-refractivity contribution is -0.140. The number of epoxide rings is 1. The molecule has 1 aromatic rings. The molecule has 0 N–H and O–H groups in total. The number of carbonyl (C=O) groups excluding carboxylic acids is 2. The van der Waals surface area contributed by atoms with Gasteiger partial charge in [-0.15, -0.1) is 0 Å². The van der Waals surface area contributed by atoms with Crippen molar-refractivity contribution in [2.75, 3.05) is 6.61 Å². The Morgan fingerprint density at radius 2 is 2.17 bits per heavy atom. The number of hydrogen-bond donors (Lipinski definition) is 0. The van der Waals surface area contributed by atoms with Crippen molar-refractivity contribution in [1.29, 1.82) is 0 Å². The van der Waals surface area contributed by atoms with Crippen LogP contribution in [0.5, 0.6) is 0 Å². The first-order valence-electron chi connectivity index (χ1n) is 10.5. The van der Waals surface area contributed by atoms with Gasteiger partial charge in [0, 0.05) is 17.6 Å². The topological polar surface area (TPSA) is 65.1 Å². The third kappa shape index (κ3) is 4.26. The second-order valence-corrected chi connectivity index (χ2v) is 8.59. The highest BCUT2D eigenvalue weighted by Crippen LogP contribution is 2.49. The fraction of sp³-hybridized carbons (Fsp3) is 0.440. The van der Waals surface area contributed by atoms with E-state index in [2.05, 4.69) is 19.6 Å². The Morgan fingerprint density at radius 1 is 1.37 bits per heavy atom. The van der Waals surface area contributed by atoms with Crippen molar-refractivity contribution in [2.45, 2.75) is 57.3 Å². The number of rotatable bonds is 4. The summed E-state index contributed by atoms with van der Waals surface area (Å²) in [5.41, 5.74) is 3.42. The van der Waals surface area contributed by atoms with Gasteiger partial charge in [-0.1, -0.05) is 36.9 Å². The van der Waals surface area contributed by atoms with Crippen LogP contribution in [0.1, 0.15) is 43.7 Å². The van der Waals surface area contributed by atoms with Crippen LogP contribution < -0.4 is 0 Å². The number of fused-ring (bicyclic) bond motifs is 3. The van der Waals surface area contributed by atoms with Crippen molar-refractivity contribution >= 4 is 18.0 Å². The molecule has 30 heavy (non-hydrogen) atoms. The van der Waals surface area contributed by atoms with E-state index < -0.39 is 0 Å². The maximum absolute atomic E-state index is 12.2. The molecule has 0 radical (unpaired) electrons. The predicted molar refractivity (Wildman–Crippen MR) is 114 cm³/mol. The Morgan fingerprint density at radius 3 is 2.97 bits per heavy atom. The molecule has 0 saturated carbocycles. The molecule has 158 valence electrons. The second-order valence-electron chi connectivity index (χ2n) is 8.59. The molecule has 2 heterocycles. The molecule has 0 bridgehead atoms. The molecule has 0 spiro atoms. The standard InChI is InChI=1S/C25H28O5/c1-16-7-4-5-9-19(16)11-13-21(26)28-15-18-8-6-14-25(3)23(30-25)22-20(12-10-18)17(2)24(27)29-22/h4-5,7-9,11,13,20,22-23H,2,6,10,12,14-15H2,1,3H3/b13-11+,18-8+/t20-,22-,23-,25+/m0/s1. The summed E-state index contributed by atoms with van der Waals surface area (Å²) in [6.45, 7) is 8.25. The summed E-state index contributed by atoms with van der Waals surface area (Å²) in [7, 11) is 0. The zero-order chi connectivity index (χ0) is 21.3. The minimum Gasteiger partial charge on any atom is -0.458 e. The smallest absolute Gasteiger partial charge is 0.334 e. The number of carbonyl (C=O) groups is 2. The highest BCUT2D eigenvalue weighted by molar-refractivity contribution is 5.91. The number of ether oxygens (including phenoxy) is 3. The summed E-state index contributed by atoms with van der Waals surface area (Å²) >= 11 is 0. The van der Waals surface area contributed by atoms with Crippen LogP contribution in [-0.2, 0) is 23.8 Å². The molecule has 5 nitrogen and oxygen atoms in total. The van der Waals surface area contributed by atoms with E-state index in [0.29, 0.717) is 5.57 Å². The Bertz CT molecular complexity index is 927. The van der Waals surface area contributed by atoms with Crippen molar-refractivity contribution in [3.63, 3.8) is 0 Å². The van der Waals surface area contributed by atoms with Crippen LogP contribution in [0.2, 0.25) is 0 Å². The van der Waals surface area contributed by atoms with Crippen LogP contribution in [0.3, 0.4) is 0 Å². The van der Waals surface area contributed by atoms with Gasteiger partial charge in [0.15, 0.2) is 0 Å². The minimum absolute atomic E-state index is 0.0509. The third-order valence-electron chi connectivity index (χ3n) is 6.43. The molecule has 2 fully saturated rings. The SMILES string of the molecule is C=C1C(=O)O[C@H]2[C@H]1CC/C(COC(=O)/C=C/c1ccccc1C)=C\CC[C@@]1(C)O[C@@H]21. The van der Waals surface area contributed by atoms with Gasteiger partial charge in [0.25, 0.3) is 0 Å². The predicted octanol–water partition coefficient (Wildman–Crippen LogP) is 4.31. The Hall–Kier alpha value is -2.66. The van der Waals surface area contributed by atoms with Crippen LogP contribution in [0.15, 0.2) is 54.1 Å². The molecule has 1 aromatic carbocycles. The van der Waals surface area contributed by atoms with Crippen LogP contribution in [0.25, 0.3) is 6.08 Å². The van der Waals surface area contributed by atoms with Crippen LogP contribution in [0.4, 0.5) is 0 Å². The van der Waals surface area contributed by atoms with Gasteiger partial charge in [0.2, 0.25) is 0 Å². The number of allylic oxidation sites excluding steroid dienone is 1. The molecule has 3 aliphatic rings. The first-order chi connectivity index (χ1) is 14.4. The van der Waals surface area contributed by atoms with Crippen LogP contribution >= 0.6 is 0 Å². The van der Waals surface area contributed by atoms with Crippen molar-refractivity contribution in [3.05, 3.63) is 65.3 Å². The summed E-state index contributed by atoms with van der Waals surface area (Å²) in [4.78, 5) is 24.2. The van der Waals surface area contributed by atoms with E-state index in [1.54, 1.807) is 6.08 Å². The summed E-state index contributed by atoms with van der Waals surface area (Å²) in [6.07, 6.45) is 8.22. The Balaban J connectivity index is 1.38. The fourth-order valence-electron chi connectivity index (χ4n) is 4.39. The molecule has 0 amide bonds. The van der Waals surface area contributed by atoms with E-state index in [4.69, 9.17) is 14.2 Å². The van der Waals surface area contributed by atoms with Gasteiger partial charge in [-0.25, -0.2) is 9.59 Å². The quantitative estimate of drug-likeness (QED) is 0.322. The fourth-order valence-corrected chi connectivity index (χ4v) is 4.39. The van der Waals surface area contributed by atoms with E-state index in [0.717, 1.165) is 42.4 Å². The van der Waals surface area contributed by atoms with Gasteiger partial charge >= 0.3 is 11.9 Å². The summed E-state index contributed by atoms with van der Waals surface area (Å²) in [6, 6.07) is 7.87. The molecule has 1 aliphatic carbocycles. The monoisotopic (exact) mass is 408 g/mol. The first-order valence-corrected chi connectivity index (χ1v) is 10.5. The molecule has 2 aliphatic heterocycles. The molecular formula is C25H28O5. The van der Waals surface area contributed by atoms with Gasteiger partial charge in [-0.3, -0.25) is 0 Å². The number of esters is 2. The first kappa shape index (κ1) is 20.6. The van der Waals surface area contributed by atoms with Gasteiger partial charge in [-0.2, -0.15) is 0 Å². The highest BCUT2D eigenvalue weighted by atomic mass is 16.6. The maximum atomic E-state index is 12.2. The summed E-state index contributed by atoms with van der Waals surface area (Å²) in [5.74, 6) is -0.738. The van der Waals surface area contributed by atoms with E-state index in [1.165, 1.54) is 6.08 Å². The average molecular weight is 408 g/mol. The number of hydrogen-bond acceptors (Lipinski definition) is 5. The number of aryl methyl sites for hydroxylation is 1. The Labute approximate surface area is 177 Å². The van der Waals surface area contributed by atoms with Crippen LogP contribution in [-0.4, -0.2) is 36.4 Å². The Kier molecular flexibility index (Phi) is 5.65. The largest absolute Gasteiger partial charge is 0.458 e. The van der Waals surface area contributed by atoms with Crippen molar-refractivity contribution < 1.29 is 23.8 Å². The van der Waals surface area contributed by atoms with E-state index >= 15 is 0 Å². The van der Waals surface area contributed by atoms with Gasteiger partial charge in [0.05, 0.1) is 5.60 Å². The van der Waals surface area contributed by atoms with E-state index in [1.807, 2.05) is 31.2 Å². The summed E-state index contributed by atoms with van der Waals surface area (Å²) in [5, 5.41) is 0. The lowest BCUT2D eigenvalue weighted by Crippen LogP contribution is -2.29. The molecule has 0 unspecified atom stereocenters. The van der Waals surface area contributed by atoms with Crippen molar-refractivity contribution in [1.82, 2.24) is 0 Å². The minimum atomic E-state index is -0.365. The average Bonchev–Trinajstić information content (AvgIpc) is 3.31. The second kappa shape index (κ2) is 8.23. The summed E-state index contributed by atoms with van der Waals surface area (Å²) < 4.78 is 17.0. The van der Waals surface area contributed by atoms with Crippen molar-refractivity contribution in [2.24, 2.45) is 5.92 Å². The lowest BCUT2D eigenvalue weighted by atomic mass is 9.84. The highest BCUT2D eigenvalue weighted by Gasteiger charge is 2.61. The molecule has 0 aromatic heterocycles. The zero-order valence-corrected chi connectivity index (χ0v) is 17.6.